The normalized spacial score (nSPS) is 11.6. The third kappa shape index (κ3) is 4.03. The monoisotopic (exact) mass is 393 g/mol. The van der Waals surface area contributed by atoms with Crippen LogP contribution >= 0.6 is 0 Å². The number of hydrogen-bond acceptors (Lipinski definition) is 3. The largest absolute Gasteiger partial charge is 0.416 e. The van der Waals surface area contributed by atoms with Crippen molar-refractivity contribution in [1.29, 1.82) is 0 Å². The summed E-state index contributed by atoms with van der Waals surface area (Å²) in [5, 5.41) is -0.0488. The maximum absolute atomic E-state index is 12.9. The second-order valence-electron chi connectivity index (χ2n) is 6.09. The molecule has 0 aliphatic heterocycles. The van der Waals surface area contributed by atoms with Crippen molar-refractivity contribution in [2.75, 3.05) is 5.43 Å². The summed E-state index contributed by atoms with van der Waals surface area (Å²) in [7, 11) is 0. The van der Waals surface area contributed by atoms with Crippen LogP contribution in [0.25, 0.3) is 10.9 Å². The lowest BCUT2D eigenvalue weighted by molar-refractivity contribution is -0.137. The van der Waals surface area contributed by atoms with Crippen LogP contribution in [0.5, 0.6) is 0 Å². The van der Waals surface area contributed by atoms with E-state index >= 15 is 0 Å². The first-order valence-corrected chi connectivity index (χ1v) is 8.36. The molecule has 1 N–H and O–H groups in total. The number of aryl methyl sites for hydroxylation is 1. The van der Waals surface area contributed by atoms with Crippen LogP contribution < -0.4 is 11.0 Å². The van der Waals surface area contributed by atoms with Crippen molar-refractivity contribution < 1.29 is 22.4 Å². The summed E-state index contributed by atoms with van der Waals surface area (Å²) in [5.41, 5.74) is 1.27. The lowest BCUT2D eigenvalue weighted by Gasteiger charge is -2.14. The number of alkyl halides is 3. The van der Waals surface area contributed by atoms with Crippen LogP contribution in [0.4, 0.5) is 17.6 Å². The molecule has 9 heteroatoms. The van der Waals surface area contributed by atoms with E-state index in [0.717, 1.165) is 22.9 Å². The van der Waals surface area contributed by atoms with Crippen LogP contribution in [0, 0.1) is 5.82 Å². The fraction of sp³-hybridized carbons (Fsp3) is 0.211. The Labute approximate surface area is 156 Å². The van der Waals surface area contributed by atoms with Gasteiger partial charge >= 0.3 is 6.18 Å². The van der Waals surface area contributed by atoms with Gasteiger partial charge in [-0.15, -0.1) is 0 Å². The van der Waals surface area contributed by atoms with Crippen molar-refractivity contribution >= 4 is 16.8 Å². The first-order valence-electron chi connectivity index (χ1n) is 8.36. The number of carbonyl (C=O) groups excluding carboxylic acids is 1. The van der Waals surface area contributed by atoms with E-state index in [1.807, 2.05) is 0 Å². The highest BCUT2D eigenvalue weighted by Crippen LogP contribution is 2.30. The maximum Gasteiger partial charge on any atom is 0.416 e. The molecule has 2 aromatic carbocycles. The Bertz CT molecular complexity index is 1090. The highest BCUT2D eigenvalue weighted by molar-refractivity contribution is 5.86. The predicted molar refractivity (Wildman–Crippen MR) is 94.9 cm³/mol. The fourth-order valence-electron chi connectivity index (χ4n) is 2.71. The minimum atomic E-state index is -4.56. The second-order valence-corrected chi connectivity index (χ2v) is 6.09. The zero-order chi connectivity index (χ0) is 20.5. The minimum absolute atomic E-state index is 0.0488. The molecule has 1 amide bonds. The average Bonchev–Trinajstić information content (AvgIpc) is 2.64. The molecule has 0 radical (unpaired) electrons. The van der Waals surface area contributed by atoms with Crippen molar-refractivity contribution in [3.63, 3.8) is 0 Å². The van der Waals surface area contributed by atoms with Gasteiger partial charge in [0.25, 0.3) is 5.56 Å². The average molecular weight is 393 g/mol. The third-order valence-electron chi connectivity index (χ3n) is 4.10. The van der Waals surface area contributed by atoms with Gasteiger partial charge < -0.3 is 0 Å². The molecule has 0 aliphatic rings. The molecule has 5 nitrogen and oxygen atoms in total. The van der Waals surface area contributed by atoms with E-state index in [9.17, 15) is 27.2 Å². The summed E-state index contributed by atoms with van der Waals surface area (Å²) in [6, 6.07) is 7.94. The molecule has 0 atom stereocenters. The summed E-state index contributed by atoms with van der Waals surface area (Å²) < 4.78 is 52.6. The van der Waals surface area contributed by atoms with Gasteiger partial charge in [0.2, 0.25) is 5.91 Å². The molecule has 3 rings (SSSR count). The van der Waals surface area contributed by atoms with E-state index in [4.69, 9.17) is 0 Å². The molecule has 0 bridgehead atoms. The standard InChI is InChI=1S/C19H15F4N3O2/c1-2-16-24-15-10-12(19(21,22)23)5-8-14(15)18(28)26(16)25-17(27)9-11-3-6-13(20)7-4-11/h3-8,10H,2,9H2,1H3,(H,25,27). The van der Waals surface area contributed by atoms with Crippen LogP contribution in [-0.2, 0) is 23.8 Å². The molecule has 0 unspecified atom stereocenters. The summed E-state index contributed by atoms with van der Waals surface area (Å²) in [6.45, 7) is 1.66. The number of nitrogens with one attached hydrogen (secondary N) is 1. The van der Waals surface area contributed by atoms with Crippen molar-refractivity contribution in [2.45, 2.75) is 25.9 Å². The van der Waals surface area contributed by atoms with Gasteiger partial charge in [-0.2, -0.15) is 13.2 Å². The summed E-state index contributed by atoms with van der Waals surface area (Å²) in [4.78, 5) is 29.0. The Morgan fingerprint density at radius 3 is 2.43 bits per heavy atom. The molecule has 3 aromatic rings. The van der Waals surface area contributed by atoms with Crippen molar-refractivity contribution in [3.8, 4) is 0 Å². The zero-order valence-electron chi connectivity index (χ0n) is 14.7. The molecular weight excluding hydrogens is 378 g/mol. The fourth-order valence-corrected chi connectivity index (χ4v) is 2.71. The molecule has 28 heavy (non-hydrogen) atoms. The Hall–Kier alpha value is -3.23. The lowest BCUT2D eigenvalue weighted by Crippen LogP contribution is -2.37. The number of carbonyl (C=O) groups is 1. The van der Waals surface area contributed by atoms with Crippen molar-refractivity contribution in [2.24, 2.45) is 0 Å². The Morgan fingerprint density at radius 1 is 1.14 bits per heavy atom. The first kappa shape index (κ1) is 19.5. The summed E-state index contributed by atoms with van der Waals surface area (Å²) in [5.74, 6) is -0.869. The summed E-state index contributed by atoms with van der Waals surface area (Å²) in [6.07, 6.45) is -4.46. The topological polar surface area (TPSA) is 64.0 Å². The number of benzene rings is 2. The van der Waals surface area contributed by atoms with E-state index in [1.165, 1.54) is 24.3 Å². The Morgan fingerprint density at radius 2 is 1.82 bits per heavy atom. The number of nitrogens with zero attached hydrogens (tertiary/aromatic N) is 2. The predicted octanol–water partition coefficient (Wildman–Crippen LogP) is 3.43. The Balaban J connectivity index is 1.96. The lowest BCUT2D eigenvalue weighted by atomic mass is 10.1. The second kappa shape index (κ2) is 7.41. The number of aromatic nitrogens is 2. The van der Waals surface area contributed by atoms with Gasteiger partial charge in [0.05, 0.1) is 22.9 Å². The molecule has 0 saturated heterocycles. The number of halogens is 4. The number of rotatable bonds is 4. The van der Waals surface area contributed by atoms with Gasteiger partial charge in [0, 0.05) is 6.42 Å². The van der Waals surface area contributed by atoms with Crippen LogP contribution in [0.2, 0.25) is 0 Å². The maximum atomic E-state index is 12.9. The smallest absolute Gasteiger partial charge is 0.273 e. The zero-order valence-corrected chi connectivity index (χ0v) is 14.7. The molecule has 1 aromatic heterocycles. The van der Waals surface area contributed by atoms with Gasteiger partial charge in [-0.05, 0) is 35.9 Å². The van der Waals surface area contributed by atoms with Crippen LogP contribution in [0.3, 0.4) is 0 Å². The van der Waals surface area contributed by atoms with Gasteiger partial charge in [0.15, 0.2) is 0 Å². The van der Waals surface area contributed by atoms with Crippen molar-refractivity contribution in [1.82, 2.24) is 9.66 Å². The Kier molecular flexibility index (Phi) is 5.17. The summed E-state index contributed by atoms with van der Waals surface area (Å²) >= 11 is 0. The van der Waals surface area contributed by atoms with E-state index in [2.05, 4.69) is 10.4 Å². The van der Waals surface area contributed by atoms with E-state index in [-0.39, 0.29) is 29.6 Å². The molecule has 0 fully saturated rings. The van der Waals surface area contributed by atoms with E-state index in [0.29, 0.717) is 5.56 Å². The van der Waals surface area contributed by atoms with E-state index in [1.54, 1.807) is 6.92 Å². The van der Waals surface area contributed by atoms with Gasteiger partial charge in [0.1, 0.15) is 11.6 Å². The first-order chi connectivity index (χ1) is 13.2. The highest BCUT2D eigenvalue weighted by atomic mass is 19.4. The highest BCUT2D eigenvalue weighted by Gasteiger charge is 2.31. The van der Waals surface area contributed by atoms with Gasteiger partial charge in [-0.25, -0.2) is 14.1 Å². The molecule has 0 spiro atoms. The molecule has 0 saturated carbocycles. The van der Waals surface area contributed by atoms with Crippen molar-refractivity contribution in [3.05, 3.63) is 75.6 Å². The third-order valence-corrected chi connectivity index (χ3v) is 4.10. The number of hydrogen-bond donors (Lipinski definition) is 1. The van der Waals surface area contributed by atoms with Gasteiger partial charge in [-0.3, -0.25) is 15.0 Å². The minimum Gasteiger partial charge on any atom is -0.273 e. The number of amides is 1. The molecular formula is C19H15F4N3O2. The van der Waals surface area contributed by atoms with Crippen LogP contribution in [-0.4, -0.2) is 15.6 Å². The molecule has 146 valence electrons. The number of fused-ring (bicyclic) bond motifs is 1. The van der Waals surface area contributed by atoms with Gasteiger partial charge in [-0.1, -0.05) is 19.1 Å². The molecule has 0 aliphatic carbocycles. The van der Waals surface area contributed by atoms with E-state index < -0.39 is 29.0 Å². The SMILES string of the molecule is CCc1nc2cc(C(F)(F)F)ccc2c(=O)n1NC(=O)Cc1ccc(F)cc1. The quantitative estimate of drug-likeness (QED) is 0.691. The van der Waals surface area contributed by atoms with Crippen LogP contribution in [0.15, 0.2) is 47.3 Å². The van der Waals surface area contributed by atoms with Crippen LogP contribution in [0.1, 0.15) is 23.9 Å². The molecule has 1 heterocycles.